The van der Waals surface area contributed by atoms with Crippen LogP contribution in [0.5, 0.6) is 5.75 Å². The van der Waals surface area contributed by atoms with E-state index in [4.69, 9.17) is 4.74 Å². The van der Waals surface area contributed by atoms with Crippen LogP contribution in [0.25, 0.3) is 0 Å². The molecule has 27 heavy (non-hydrogen) atoms. The Bertz CT molecular complexity index is 724. The van der Waals surface area contributed by atoms with Gasteiger partial charge in [0.1, 0.15) is 5.75 Å². The Morgan fingerprint density at radius 1 is 1.15 bits per heavy atom. The van der Waals surface area contributed by atoms with Crippen molar-refractivity contribution in [3.8, 4) is 5.75 Å². The molecule has 2 heterocycles. The molecule has 1 aromatic rings. The second-order valence-electron chi connectivity index (χ2n) is 7.32. The lowest BCUT2D eigenvalue weighted by atomic mass is 10.1. The van der Waals surface area contributed by atoms with Gasteiger partial charge in [-0.2, -0.15) is 0 Å². The smallest absolute Gasteiger partial charge is 0.222 e. The van der Waals surface area contributed by atoms with Crippen molar-refractivity contribution in [3.63, 3.8) is 0 Å². The maximum Gasteiger partial charge on any atom is 0.222 e. The number of hydrogen-bond donors (Lipinski definition) is 1. The van der Waals surface area contributed by atoms with Crippen molar-refractivity contribution in [2.75, 3.05) is 26.0 Å². The van der Waals surface area contributed by atoms with Crippen molar-refractivity contribution in [1.29, 1.82) is 0 Å². The number of amides is 1. The van der Waals surface area contributed by atoms with Gasteiger partial charge in [0, 0.05) is 37.8 Å². The highest BCUT2D eigenvalue weighted by Gasteiger charge is 2.30. The largest absolute Gasteiger partial charge is 0.494 e. The zero-order valence-corrected chi connectivity index (χ0v) is 17.4. The van der Waals surface area contributed by atoms with Crippen molar-refractivity contribution in [2.24, 2.45) is 0 Å². The van der Waals surface area contributed by atoms with E-state index in [-0.39, 0.29) is 23.2 Å². The summed E-state index contributed by atoms with van der Waals surface area (Å²) in [6.45, 7) is 2.24. The van der Waals surface area contributed by atoms with Crippen LogP contribution in [0, 0.1) is 0 Å². The summed E-state index contributed by atoms with van der Waals surface area (Å²) in [5.74, 6) is 0.898. The first-order chi connectivity index (χ1) is 12.4. The third kappa shape index (κ3) is 6.36. The predicted octanol–water partition coefficient (Wildman–Crippen LogP) is 2.41. The summed E-state index contributed by atoms with van der Waals surface area (Å²) in [4.78, 5) is 14.7. The van der Waals surface area contributed by atoms with E-state index in [0.29, 0.717) is 30.9 Å². The van der Waals surface area contributed by atoms with Crippen LogP contribution in [0.15, 0.2) is 29.2 Å². The molecule has 8 heteroatoms. The maximum atomic E-state index is 12.4. The van der Waals surface area contributed by atoms with Gasteiger partial charge in [-0.15, -0.1) is 12.4 Å². The average molecular weight is 417 g/mol. The zero-order valence-electron chi connectivity index (χ0n) is 15.7. The minimum atomic E-state index is -3.18. The molecule has 1 aromatic carbocycles. The Balaban J connectivity index is 0.00000261. The summed E-state index contributed by atoms with van der Waals surface area (Å²) < 4.78 is 28.5. The molecule has 2 aliphatic rings. The van der Waals surface area contributed by atoms with Gasteiger partial charge >= 0.3 is 0 Å². The minimum absolute atomic E-state index is 0. The molecule has 1 N–H and O–H groups in total. The Labute approximate surface area is 168 Å². The van der Waals surface area contributed by atoms with E-state index in [0.717, 1.165) is 32.4 Å². The fourth-order valence-electron chi connectivity index (χ4n) is 3.68. The summed E-state index contributed by atoms with van der Waals surface area (Å²) in [6, 6.07) is 7.51. The number of unbranched alkanes of at least 4 members (excludes halogenated alkanes) is 1. The van der Waals surface area contributed by atoms with E-state index in [1.54, 1.807) is 24.3 Å². The Morgan fingerprint density at radius 3 is 2.56 bits per heavy atom. The van der Waals surface area contributed by atoms with E-state index in [9.17, 15) is 13.2 Å². The number of benzene rings is 1. The van der Waals surface area contributed by atoms with Crippen LogP contribution in [-0.4, -0.2) is 57.3 Å². The van der Waals surface area contributed by atoms with E-state index in [2.05, 4.69) is 5.32 Å². The summed E-state index contributed by atoms with van der Waals surface area (Å²) in [5.41, 5.74) is 0. The lowest BCUT2D eigenvalue weighted by Gasteiger charge is -2.24. The number of sulfone groups is 1. The monoisotopic (exact) mass is 416 g/mol. The molecule has 2 bridgehead atoms. The van der Waals surface area contributed by atoms with Crippen molar-refractivity contribution < 1.29 is 17.9 Å². The molecule has 0 aliphatic carbocycles. The Kier molecular flexibility index (Phi) is 7.94. The van der Waals surface area contributed by atoms with Crippen molar-refractivity contribution in [1.82, 2.24) is 10.2 Å². The van der Waals surface area contributed by atoms with Crippen LogP contribution in [-0.2, 0) is 14.6 Å². The van der Waals surface area contributed by atoms with Gasteiger partial charge in [-0.1, -0.05) is 0 Å². The van der Waals surface area contributed by atoms with Crippen LogP contribution in [0.1, 0.15) is 38.5 Å². The number of halogens is 1. The minimum Gasteiger partial charge on any atom is -0.494 e. The van der Waals surface area contributed by atoms with Crippen LogP contribution in [0.3, 0.4) is 0 Å². The first-order valence-corrected chi connectivity index (χ1v) is 11.3. The molecule has 0 radical (unpaired) electrons. The molecule has 2 aliphatic heterocycles. The van der Waals surface area contributed by atoms with Crippen molar-refractivity contribution >= 4 is 28.2 Å². The van der Waals surface area contributed by atoms with Gasteiger partial charge in [0.25, 0.3) is 0 Å². The van der Waals surface area contributed by atoms with E-state index < -0.39 is 9.84 Å². The Hall–Kier alpha value is -1.31. The van der Waals surface area contributed by atoms with Gasteiger partial charge in [0.15, 0.2) is 9.84 Å². The molecular weight excluding hydrogens is 388 g/mol. The molecule has 1 amide bonds. The number of likely N-dealkylation sites (tertiary alicyclic amines) is 1. The summed E-state index contributed by atoms with van der Waals surface area (Å²) in [5, 5.41) is 3.59. The van der Waals surface area contributed by atoms with Gasteiger partial charge in [-0.05, 0) is 56.4 Å². The standard InChI is InChI=1S/C19H28N2O4S.ClH/c1-26(23,24)18-9-7-17(8-10-18)25-13-3-2-4-19(22)21-12-11-15-5-6-16(14-21)20-15;/h7-10,15-16,20H,2-6,11-14H2,1H3;1H. The third-order valence-electron chi connectivity index (χ3n) is 5.18. The van der Waals surface area contributed by atoms with Crippen LogP contribution < -0.4 is 10.1 Å². The molecule has 0 saturated carbocycles. The second-order valence-corrected chi connectivity index (χ2v) is 9.33. The van der Waals surface area contributed by atoms with Gasteiger partial charge in [0.2, 0.25) is 5.91 Å². The normalized spacial score (nSPS) is 22.0. The molecule has 2 saturated heterocycles. The van der Waals surface area contributed by atoms with Crippen LogP contribution >= 0.6 is 12.4 Å². The zero-order chi connectivity index (χ0) is 18.6. The number of carbonyl (C=O) groups excluding carboxylic acids is 1. The molecule has 152 valence electrons. The molecule has 2 atom stereocenters. The average Bonchev–Trinajstić information content (AvgIpc) is 2.93. The Morgan fingerprint density at radius 2 is 1.85 bits per heavy atom. The molecule has 6 nitrogen and oxygen atoms in total. The number of carbonyl (C=O) groups is 1. The highest BCUT2D eigenvalue weighted by atomic mass is 35.5. The number of nitrogens with one attached hydrogen (secondary N) is 1. The van der Waals surface area contributed by atoms with Crippen molar-refractivity contribution in [2.45, 2.75) is 55.5 Å². The lowest BCUT2D eigenvalue weighted by molar-refractivity contribution is -0.131. The number of nitrogens with zero attached hydrogens (tertiary/aromatic N) is 1. The van der Waals surface area contributed by atoms with Gasteiger partial charge in [0.05, 0.1) is 11.5 Å². The van der Waals surface area contributed by atoms with Crippen LogP contribution in [0.4, 0.5) is 0 Å². The predicted molar refractivity (Wildman–Crippen MR) is 107 cm³/mol. The molecule has 0 aromatic heterocycles. The molecular formula is C19H29ClN2O4S. The number of rotatable bonds is 7. The molecule has 2 unspecified atom stereocenters. The fraction of sp³-hybridized carbons (Fsp3) is 0.632. The highest BCUT2D eigenvalue weighted by Crippen LogP contribution is 2.21. The van der Waals surface area contributed by atoms with Crippen molar-refractivity contribution in [3.05, 3.63) is 24.3 Å². The molecule has 0 spiro atoms. The maximum absolute atomic E-state index is 12.4. The van der Waals surface area contributed by atoms with E-state index >= 15 is 0 Å². The van der Waals surface area contributed by atoms with Crippen LogP contribution in [0.2, 0.25) is 0 Å². The topological polar surface area (TPSA) is 75.7 Å². The number of hydrogen-bond acceptors (Lipinski definition) is 5. The number of fused-ring (bicyclic) bond motifs is 2. The highest BCUT2D eigenvalue weighted by molar-refractivity contribution is 7.90. The van der Waals surface area contributed by atoms with E-state index in [1.807, 2.05) is 4.90 Å². The number of ether oxygens (including phenoxy) is 1. The van der Waals surface area contributed by atoms with E-state index in [1.165, 1.54) is 19.1 Å². The quantitative estimate of drug-likeness (QED) is 0.691. The van der Waals surface area contributed by atoms with Gasteiger partial charge in [-0.3, -0.25) is 4.79 Å². The SMILES string of the molecule is CS(=O)(=O)c1ccc(OCCCCC(=O)N2CCC3CCC(C2)N3)cc1.Cl. The van der Waals surface area contributed by atoms with Gasteiger partial charge in [-0.25, -0.2) is 8.42 Å². The summed E-state index contributed by atoms with van der Waals surface area (Å²) in [6.07, 6.45) is 6.85. The first kappa shape index (κ1) is 22.0. The summed E-state index contributed by atoms with van der Waals surface area (Å²) in [7, 11) is -3.18. The third-order valence-corrected chi connectivity index (χ3v) is 6.31. The fourth-order valence-corrected chi connectivity index (χ4v) is 4.31. The second kappa shape index (κ2) is 9.75. The first-order valence-electron chi connectivity index (χ1n) is 9.38. The molecule has 3 rings (SSSR count). The van der Waals surface area contributed by atoms with Gasteiger partial charge < -0.3 is 15.0 Å². The molecule has 2 fully saturated rings. The lowest BCUT2D eigenvalue weighted by Crippen LogP contribution is -2.38. The summed E-state index contributed by atoms with van der Waals surface area (Å²) >= 11 is 0.